The van der Waals surface area contributed by atoms with Crippen LogP contribution in [0.15, 0.2) is 36.5 Å². The molecule has 5 nitrogen and oxygen atoms in total. The number of halogens is 2. The van der Waals surface area contributed by atoms with Crippen molar-refractivity contribution in [3.05, 3.63) is 59.4 Å². The Labute approximate surface area is 155 Å². The van der Waals surface area contributed by atoms with E-state index in [1.807, 2.05) is 31.2 Å². The van der Waals surface area contributed by atoms with Gasteiger partial charge in [0.25, 0.3) is 5.91 Å². The Balaban J connectivity index is 1.76. The average molecular weight is 371 g/mol. The number of likely N-dealkylation sites (tertiary alicyclic amines) is 1. The summed E-state index contributed by atoms with van der Waals surface area (Å²) in [5.74, 6) is -2.58. The Kier molecular flexibility index (Phi) is 4.17. The first-order valence-corrected chi connectivity index (χ1v) is 9.02. The van der Waals surface area contributed by atoms with Crippen molar-refractivity contribution >= 4 is 17.5 Å². The molecule has 1 fully saturated rings. The maximum atomic E-state index is 14.1. The maximum Gasteiger partial charge on any atom is 0.275 e. The average Bonchev–Trinajstić information content (AvgIpc) is 3.15. The Bertz CT molecular complexity index is 933. The van der Waals surface area contributed by atoms with E-state index >= 15 is 0 Å². The molecule has 1 spiro atoms. The number of hydrogen-bond donors (Lipinski definition) is 1. The molecule has 27 heavy (non-hydrogen) atoms. The van der Waals surface area contributed by atoms with Gasteiger partial charge in [0.1, 0.15) is 5.82 Å². The molecule has 0 saturated carbocycles. The van der Waals surface area contributed by atoms with E-state index in [2.05, 4.69) is 10.3 Å². The van der Waals surface area contributed by atoms with Crippen molar-refractivity contribution in [2.75, 3.05) is 11.9 Å². The summed E-state index contributed by atoms with van der Waals surface area (Å²) in [6.45, 7) is 2.29. The van der Waals surface area contributed by atoms with Crippen LogP contribution < -0.4 is 5.32 Å². The van der Waals surface area contributed by atoms with Crippen LogP contribution in [0.4, 0.5) is 14.5 Å². The number of nitrogens with zero attached hydrogens (tertiary/aromatic N) is 2. The van der Waals surface area contributed by atoms with Crippen LogP contribution in [0.25, 0.3) is 0 Å². The van der Waals surface area contributed by atoms with Crippen molar-refractivity contribution in [2.45, 2.75) is 37.6 Å². The number of nitrogens with one attached hydrogen (secondary N) is 1. The van der Waals surface area contributed by atoms with E-state index in [4.69, 9.17) is 0 Å². The molecular weight excluding hydrogens is 352 g/mol. The third-order valence-electron chi connectivity index (χ3n) is 5.59. The van der Waals surface area contributed by atoms with Gasteiger partial charge in [-0.05, 0) is 24.5 Å². The second-order valence-electron chi connectivity index (χ2n) is 7.01. The molecule has 1 saturated heterocycles. The van der Waals surface area contributed by atoms with Gasteiger partial charge in [0.05, 0.1) is 17.7 Å². The van der Waals surface area contributed by atoms with Gasteiger partial charge in [-0.15, -0.1) is 0 Å². The van der Waals surface area contributed by atoms with E-state index < -0.39 is 34.7 Å². The van der Waals surface area contributed by atoms with Crippen molar-refractivity contribution in [3.63, 3.8) is 0 Å². The van der Waals surface area contributed by atoms with Gasteiger partial charge in [-0.1, -0.05) is 31.5 Å². The maximum absolute atomic E-state index is 14.1. The largest absolute Gasteiger partial charge is 0.333 e. The number of rotatable bonds is 3. The van der Waals surface area contributed by atoms with Crippen molar-refractivity contribution in [1.29, 1.82) is 0 Å². The summed E-state index contributed by atoms with van der Waals surface area (Å²) in [6.07, 6.45) is 2.63. The fourth-order valence-corrected chi connectivity index (χ4v) is 4.43. The predicted octanol–water partition coefficient (Wildman–Crippen LogP) is 3.26. The third-order valence-corrected chi connectivity index (χ3v) is 5.59. The zero-order valence-electron chi connectivity index (χ0n) is 14.8. The Morgan fingerprint density at radius 2 is 2.15 bits per heavy atom. The van der Waals surface area contributed by atoms with Crippen molar-refractivity contribution in [2.24, 2.45) is 0 Å². The summed E-state index contributed by atoms with van der Waals surface area (Å²) in [4.78, 5) is 31.1. The van der Waals surface area contributed by atoms with Gasteiger partial charge < -0.3 is 10.2 Å². The van der Waals surface area contributed by atoms with E-state index in [-0.39, 0.29) is 5.91 Å². The van der Waals surface area contributed by atoms with Gasteiger partial charge in [-0.3, -0.25) is 9.59 Å². The minimum atomic E-state index is -0.993. The van der Waals surface area contributed by atoms with Crippen molar-refractivity contribution in [1.82, 2.24) is 9.88 Å². The molecule has 2 aliphatic rings. The van der Waals surface area contributed by atoms with Crippen LogP contribution >= 0.6 is 0 Å². The highest BCUT2D eigenvalue weighted by atomic mass is 19.1. The van der Waals surface area contributed by atoms with Gasteiger partial charge in [-0.25, -0.2) is 13.8 Å². The second kappa shape index (κ2) is 6.40. The van der Waals surface area contributed by atoms with Crippen LogP contribution in [-0.4, -0.2) is 34.3 Å². The highest BCUT2D eigenvalue weighted by molar-refractivity contribution is 6.08. The molecule has 0 radical (unpaired) electrons. The molecule has 1 aromatic heterocycles. The highest BCUT2D eigenvalue weighted by Crippen LogP contribution is 2.49. The van der Waals surface area contributed by atoms with Crippen LogP contribution in [0.3, 0.4) is 0 Å². The summed E-state index contributed by atoms with van der Waals surface area (Å²) in [6, 6.07) is 7.71. The topological polar surface area (TPSA) is 62.3 Å². The smallest absolute Gasteiger partial charge is 0.275 e. The van der Waals surface area contributed by atoms with E-state index in [1.54, 1.807) is 0 Å². The first-order valence-electron chi connectivity index (χ1n) is 9.02. The molecule has 2 atom stereocenters. The van der Waals surface area contributed by atoms with Gasteiger partial charge in [0.15, 0.2) is 11.5 Å². The number of hydrogen-bond acceptors (Lipinski definition) is 3. The summed E-state index contributed by atoms with van der Waals surface area (Å²) in [5, 5.41) is 2.92. The van der Waals surface area contributed by atoms with Crippen LogP contribution in [0.2, 0.25) is 0 Å². The SMILES string of the molecule is CCC[C@@H]1N(C(=O)c2ncc(F)cc2F)CC[C@]12C(=O)Nc1ccccc12. The molecule has 140 valence electrons. The lowest BCUT2D eigenvalue weighted by molar-refractivity contribution is -0.121. The molecule has 0 unspecified atom stereocenters. The minimum absolute atomic E-state index is 0.134. The number of aromatic nitrogens is 1. The second-order valence-corrected chi connectivity index (χ2v) is 7.01. The molecule has 7 heteroatoms. The first kappa shape index (κ1) is 17.6. The van der Waals surface area contributed by atoms with Gasteiger partial charge in [0, 0.05) is 18.3 Å². The van der Waals surface area contributed by atoms with Crippen LogP contribution in [0.5, 0.6) is 0 Å². The number of pyridine rings is 1. The van der Waals surface area contributed by atoms with Gasteiger partial charge in [-0.2, -0.15) is 0 Å². The zero-order valence-corrected chi connectivity index (χ0v) is 14.8. The minimum Gasteiger partial charge on any atom is -0.333 e. The van der Waals surface area contributed by atoms with E-state index in [0.29, 0.717) is 25.5 Å². The van der Waals surface area contributed by atoms with E-state index in [1.165, 1.54) is 4.90 Å². The Morgan fingerprint density at radius 1 is 1.37 bits per heavy atom. The number of carbonyl (C=O) groups is 2. The van der Waals surface area contributed by atoms with E-state index in [0.717, 1.165) is 23.9 Å². The van der Waals surface area contributed by atoms with Crippen molar-refractivity contribution < 1.29 is 18.4 Å². The standard InChI is InChI=1S/C20H19F2N3O2/c1-2-5-16-20(13-6-3-4-7-15(13)24-19(20)27)8-9-25(16)18(26)17-14(22)10-12(21)11-23-17/h3-4,6-7,10-11,16H,2,5,8-9H2,1H3,(H,24,27)/t16-,20+/m0/s1. The first-order chi connectivity index (χ1) is 13.0. The third kappa shape index (κ3) is 2.52. The molecule has 1 N–H and O–H groups in total. The Hall–Kier alpha value is -2.83. The molecule has 2 aromatic rings. The molecule has 0 aliphatic carbocycles. The predicted molar refractivity (Wildman–Crippen MR) is 95.3 cm³/mol. The van der Waals surface area contributed by atoms with Crippen LogP contribution in [-0.2, 0) is 10.2 Å². The normalized spacial score (nSPS) is 23.6. The number of benzene rings is 1. The lowest BCUT2D eigenvalue weighted by atomic mass is 9.73. The molecule has 0 bridgehead atoms. The van der Waals surface area contributed by atoms with Gasteiger partial charge in [0.2, 0.25) is 5.91 Å². The lowest BCUT2D eigenvalue weighted by Gasteiger charge is -2.33. The van der Waals surface area contributed by atoms with Crippen molar-refractivity contribution in [3.8, 4) is 0 Å². The zero-order chi connectivity index (χ0) is 19.2. The lowest BCUT2D eigenvalue weighted by Crippen LogP contribution is -2.49. The highest BCUT2D eigenvalue weighted by Gasteiger charge is 2.58. The van der Waals surface area contributed by atoms with E-state index in [9.17, 15) is 18.4 Å². The van der Waals surface area contributed by atoms with Crippen LogP contribution in [0.1, 0.15) is 42.2 Å². The quantitative estimate of drug-likeness (QED) is 0.901. The van der Waals surface area contributed by atoms with Crippen LogP contribution in [0, 0.1) is 11.6 Å². The summed E-state index contributed by atoms with van der Waals surface area (Å²) >= 11 is 0. The Morgan fingerprint density at radius 3 is 2.89 bits per heavy atom. The molecule has 3 heterocycles. The summed E-state index contributed by atoms with van der Waals surface area (Å²) in [7, 11) is 0. The fourth-order valence-electron chi connectivity index (χ4n) is 4.43. The summed E-state index contributed by atoms with van der Waals surface area (Å²) in [5.41, 5.74) is 0.361. The number of fused-ring (bicyclic) bond motifs is 2. The number of amides is 2. The number of carbonyl (C=O) groups excluding carboxylic acids is 2. The van der Waals surface area contributed by atoms with Gasteiger partial charge >= 0.3 is 0 Å². The number of anilines is 1. The summed E-state index contributed by atoms with van der Waals surface area (Å²) < 4.78 is 27.3. The molecular formula is C20H19F2N3O2. The molecule has 4 rings (SSSR count). The molecule has 2 amide bonds. The number of para-hydroxylation sites is 1. The molecule has 2 aliphatic heterocycles. The fraction of sp³-hybridized carbons (Fsp3) is 0.350. The monoisotopic (exact) mass is 371 g/mol. The molecule has 1 aromatic carbocycles.